The smallest absolute Gasteiger partial charge is 0.340 e. The number of ether oxygens (including phenoxy) is 2. The maximum absolute atomic E-state index is 12.8. The van der Waals surface area contributed by atoms with Gasteiger partial charge in [-0.25, -0.2) is 4.79 Å². The summed E-state index contributed by atoms with van der Waals surface area (Å²) >= 11 is 0. The number of hydrogen-bond acceptors (Lipinski definition) is 10. The molecule has 14 heteroatoms. The molecule has 2 fully saturated rings. The van der Waals surface area contributed by atoms with Crippen LogP contribution in [0.4, 0.5) is 5.69 Å². The Morgan fingerprint density at radius 1 is 1.21 bits per heavy atom. The molecular formula is C19H20N4O10. The van der Waals surface area contributed by atoms with Crippen molar-refractivity contribution in [1.82, 2.24) is 15.1 Å². The second kappa shape index (κ2) is 7.68. The molecule has 1 aromatic carbocycles. The number of carbonyl (C=O) groups excluding carboxylic acids is 5. The van der Waals surface area contributed by atoms with Crippen LogP contribution in [0.1, 0.15) is 10.4 Å². The van der Waals surface area contributed by atoms with Crippen molar-refractivity contribution in [3.05, 3.63) is 23.8 Å². The van der Waals surface area contributed by atoms with Crippen LogP contribution in [0.15, 0.2) is 18.2 Å². The fourth-order valence-electron chi connectivity index (χ4n) is 3.89. The van der Waals surface area contributed by atoms with Crippen LogP contribution in [-0.2, 0) is 23.9 Å². The molecule has 0 saturated carbocycles. The molecule has 0 aromatic heterocycles. The molecule has 176 valence electrons. The highest BCUT2D eigenvalue weighted by molar-refractivity contribution is 6.08. The Kier molecular flexibility index (Phi) is 5.23. The molecule has 3 heterocycles. The molecule has 3 aliphatic rings. The number of piperazine rings is 1. The molecule has 4 rings (SSSR count). The number of fused-ring (bicyclic) bond motifs is 2. The monoisotopic (exact) mass is 464 g/mol. The predicted octanol–water partition coefficient (Wildman–Crippen LogP) is -3.66. The van der Waals surface area contributed by atoms with Gasteiger partial charge in [-0.05, 0) is 12.1 Å². The molecule has 14 nitrogen and oxygen atoms in total. The standard InChI is InChI=1S/C19H20N4O10/c1-22-12(26)5-23-14(27)10(20-16(29)18(22,23)7-24)6-32-15(28)9-3-2-4-11-13(9)21-17(30)19(31,8-25)33-11/h2-4,10,24-25,31H,5-8H2,1H3,(H,20,29)(H,21,30)/t10-,18+,19-/m0/s1. The Balaban J connectivity index is 1.51. The number of aliphatic hydroxyl groups excluding tert-OH is 2. The lowest BCUT2D eigenvalue weighted by Crippen LogP contribution is -2.74. The first-order valence-electron chi connectivity index (χ1n) is 9.73. The normalized spacial score (nSPS) is 28.5. The Labute approximate surface area is 185 Å². The van der Waals surface area contributed by atoms with Gasteiger partial charge >= 0.3 is 11.8 Å². The number of carbonyl (C=O) groups is 5. The lowest BCUT2D eigenvalue weighted by atomic mass is 10.0. The number of esters is 1. The highest BCUT2D eigenvalue weighted by Gasteiger charge is 2.61. The molecule has 0 bridgehead atoms. The molecule has 3 atom stereocenters. The number of aliphatic hydroxyl groups is 3. The number of anilines is 1. The number of para-hydroxylation sites is 1. The van der Waals surface area contributed by atoms with Crippen LogP contribution in [0, 0.1) is 0 Å². The average molecular weight is 464 g/mol. The molecule has 5 N–H and O–H groups in total. The van der Waals surface area contributed by atoms with E-state index in [1.165, 1.54) is 25.2 Å². The Hall–Kier alpha value is -3.75. The number of likely N-dealkylation sites (N-methyl/N-ethyl adjacent to an activating group) is 1. The van der Waals surface area contributed by atoms with Crippen LogP contribution in [0.2, 0.25) is 0 Å². The fourth-order valence-corrected chi connectivity index (χ4v) is 3.89. The highest BCUT2D eigenvalue weighted by atomic mass is 16.6. The Morgan fingerprint density at radius 3 is 2.61 bits per heavy atom. The van der Waals surface area contributed by atoms with Gasteiger partial charge in [-0.15, -0.1) is 0 Å². The van der Waals surface area contributed by atoms with Gasteiger partial charge in [-0.3, -0.25) is 24.1 Å². The molecule has 0 spiro atoms. The van der Waals surface area contributed by atoms with Gasteiger partial charge in [-0.1, -0.05) is 6.07 Å². The van der Waals surface area contributed by atoms with E-state index < -0.39 is 73.5 Å². The number of hydrogen-bond donors (Lipinski definition) is 5. The van der Waals surface area contributed by atoms with Crippen LogP contribution in [-0.4, -0.2) is 106 Å². The SMILES string of the molecule is CN1C(=O)CN2C(=O)[C@H](COC(=O)c3cccc4c3NC(=O)[C@](O)(CO)O4)NC(=O)[C@]12CO. The van der Waals surface area contributed by atoms with E-state index in [9.17, 15) is 39.3 Å². The van der Waals surface area contributed by atoms with Crippen molar-refractivity contribution in [2.75, 3.05) is 38.7 Å². The number of nitrogens with one attached hydrogen (secondary N) is 2. The highest BCUT2D eigenvalue weighted by Crippen LogP contribution is 2.36. The van der Waals surface area contributed by atoms with Gasteiger partial charge < -0.3 is 40.3 Å². The van der Waals surface area contributed by atoms with E-state index in [4.69, 9.17) is 9.47 Å². The number of benzene rings is 1. The summed E-state index contributed by atoms with van der Waals surface area (Å²) in [5, 5.41) is 33.6. The zero-order valence-corrected chi connectivity index (χ0v) is 17.2. The lowest BCUT2D eigenvalue weighted by molar-refractivity contribution is -0.183. The van der Waals surface area contributed by atoms with E-state index in [-0.39, 0.29) is 17.0 Å². The van der Waals surface area contributed by atoms with Crippen molar-refractivity contribution in [3.63, 3.8) is 0 Å². The molecule has 0 aliphatic carbocycles. The summed E-state index contributed by atoms with van der Waals surface area (Å²) in [6, 6.07) is 2.69. The second-order valence-corrected chi connectivity index (χ2v) is 7.65. The number of amides is 4. The summed E-state index contributed by atoms with van der Waals surface area (Å²) in [6.45, 7) is -2.86. The maximum atomic E-state index is 12.8. The van der Waals surface area contributed by atoms with E-state index in [0.717, 1.165) is 9.80 Å². The number of rotatable bonds is 5. The third-order valence-electron chi connectivity index (χ3n) is 5.84. The Bertz CT molecular complexity index is 1080. The zero-order chi connectivity index (χ0) is 24.1. The van der Waals surface area contributed by atoms with Gasteiger partial charge in [-0.2, -0.15) is 0 Å². The summed E-state index contributed by atoms with van der Waals surface area (Å²) < 4.78 is 10.2. The second-order valence-electron chi connectivity index (χ2n) is 7.65. The van der Waals surface area contributed by atoms with Gasteiger partial charge in [0.05, 0.1) is 17.9 Å². The first-order valence-corrected chi connectivity index (χ1v) is 9.73. The van der Waals surface area contributed by atoms with Gasteiger partial charge in [0, 0.05) is 7.05 Å². The third-order valence-corrected chi connectivity index (χ3v) is 5.84. The lowest BCUT2D eigenvalue weighted by Gasteiger charge is -2.44. The summed E-state index contributed by atoms with van der Waals surface area (Å²) in [4.78, 5) is 64.2. The van der Waals surface area contributed by atoms with Crippen LogP contribution in [0.5, 0.6) is 5.75 Å². The van der Waals surface area contributed by atoms with Crippen LogP contribution < -0.4 is 15.4 Å². The van der Waals surface area contributed by atoms with Gasteiger partial charge in [0.25, 0.3) is 17.7 Å². The molecule has 0 unspecified atom stereocenters. The van der Waals surface area contributed by atoms with E-state index in [0.29, 0.717) is 0 Å². The van der Waals surface area contributed by atoms with Crippen LogP contribution in [0.25, 0.3) is 0 Å². The Morgan fingerprint density at radius 2 is 1.94 bits per heavy atom. The summed E-state index contributed by atoms with van der Waals surface area (Å²) in [5.41, 5.74) is -2.15. The average Bonchev–Trinajstić information content (AvgIpc) is 3.07. The van der Waals surface area contributed by atoms with Crippen molar-refractivity contribution in [1.29, 1.82) is 0 Å². The van der Waals surface area contributed by atoms with Crippen LogP contribution >= 0.6 is 0 Å². The predicted molar refractivity (Wildman–Crippen MR) is 104 cm³/mol. The van der Waals surface area contributed by atoms with Gasteiger partial charge in [0.15, 0.2) is 0 Å². The topological polar surface area (TPSA) is 195 Å². The zero-order valence-electron chi connectivity index (χ0n) is 17.2. The summed E-state index contributed by atoms with van der Waals surface area (Å²) in [6.07, 6.45) is 0. The quantitative estimate of drug-likeness (QED) is 0.271. The number of nitrogens with zero attached hydrogens (tertiary/aromatic N) is 2. The first kappa shape index (κ1) is 22.4. The first-order chi connectivity index (χ1) is 15.6. The molecule has 2 saturated heterocycles. The third kappa shape index (κ3) is 3.18. The van der Waals surface area contributed by atoms with E-state index in [1.54, 1.807) is 0 Å². The largest absolute Gasteiger partial charge is 0.459 e. The van der Waals surface area contributed by atoms with Gasteiger partial charge in [0.1, 0.15) is 31.5 Å². The molecule has 1 aromatic rings. The molecule has 3 aliphatic heterocycles. The van der Waals surface area contributed by atoms with Crippen molar-refractivity contribution >= 4 is 35.3 Å². The molecule has 33 heavy (non-hydrogen) atoms. The van der Waals surface area contributed by atoms with Crippen LogP contribution in [0.3, 0.4) is 0 Å². The van der Waals surface area contributed by atoms with Gasteiger partial charge in [0.2, 0.25) is 11.6 Å². The maximum Gasteiger partial charge on any atom is 0.340 e. The molecular weight excluding hydrogens is 444 g/mol. The summed E-state index contributed by atoms with van der Waals surface area (Å²) in [5.74, 6) is -6.78. The molecule has 4 amide bonds. The minimum Gasteiger partial charge on any atom is -0.459 e. The van der Waals surface area contributed by atoms with Crippen molar-refractivity contribution in [2.45, 2.75) is 17.5 Å². The van der Waals surface area contributed by atoms with Crippen molar-refractivity contribution in [2.24, 2.45) is 0 Å². The minimum atomic E-state index is -2.52. The van der Waals surface area contributed by atoms with Crippen molar-refractivity contribution < 1.29 is 48.8 Å². The summed E-state index contributed by atoms with van der Waals surface area (Å²) in [7, 11) is 1.29. The molecule has 0 radical (unpaired) electrons. The fraction of sp³-hybridized carbons (Fsp3) is 0.421. The minimum absolute atomic E-state index is 0.103. The van der Waals surface area contributed by atoms with E-state index >= 15 is 0 Å². The van der Waals surface area contributed by atoms with E-state index in [2.05, 4.69) is 10.6 Å². The van der Waals surface area contributed by atoms with E-state index in [1.807, 2.05) is 0 Å². The van der Waals surface area contributed by atoms with Crippen molar-refractivity contribution in [3.8, 4) is 5.75 Å².